The van der Waals surface area contributed by atoms with Crippen molar-refractivity contribution < 1.29 is 29.0 Å². The summed E-state index contributed by atoms with van der Waals surface area (Å²) in [5.41, 5.74) is 0.153. The first-order chi connectivity index (χ1) is 12.9. The summed E-state index contributed by atoms with van der Waals surface area (Å²) in [6, 6.07) is 2.91. The number of thiophene rings is 1. The smallest absolute Gasteiger partial charge is 0.407 e. The minimum atomic E-state index is -1.27. The van der Waals surface area contributed by atoms with Crippen LogP contribution in [0.4, 0.5) is 4.79 Å². The van der Waals surface area contributed by atoms with Crippen molar-refractivity contribution in [3.63, 3.8) is 0 Å². The Kier molecular flexibility index (Phi) is 5.71. The highest BCUT2D eigenvalue weighted by molar-refractivity contribution is 8.00. The molecule has 3 N–H and O–H groups in total. The van der Waals surface area contributed by atoms with Crippen molar-refractivity contribution in [3.8, 4) is 0 Å². The summed E-state index contributed by atoms with van der Waals surface area (Å²) >= 11 is 2.77. The number of fused-ring (bicyclic) bond motifs is 1. The van der Waals surface area contributed by atoms with E-state index in [-0.39, 0.29) is 30.4 Å². The number of nitrogens with zero attached hydrogens (tertiary/aromatic N) is 1. The molecule has 27 heavy (non-hydrogen) atoms. The summed E-state index contributed by atoms with van der Waals surface area (Å²) in [4.78, 5) is 49.5. The van der Waals surface area contributed by atoms with Gasteiger partial charge in [0.25, 0.3) is 5.91 Å². The molecule has 0 bridgehead atoms. The molecule has 3 amide bonds. The summed E-state index contributed by atoms with van der Waals surface area (Å²) in [5, 5.41) is 15.8. The van der Waals surface area contributed by atoms with Gasteiger partial charge in [-0.2, -0.15) is 0 Å². The van der Waals surface area contributed by atoms with E-state index in [1.807, 2.05) is 17.5 Å². The normalized spacial score (nSPS) is 21.2. The summed E-state index contributed by atoms with van der Waals surface area (Å²) in [5.74, 6) is -1.76. The number of thioether (sulfide) groups is 1. The average molecular weight is 411 g/mol. The maximum atomic E-state index is 12.5. The minimum Gasteiger partial charge on any atom is -0.477 e. The van der Waals surface area contributed by atoms with Crippen molar-refractivity contribution in [2.75, 3.05) is 19.4 Å². The molecule has 3 heterocycles. The van der Waals surface area contributed by atoms with E-state index in [4.69, 9.17) is 4.74 Å². The number of carboxylic acid groups (broad SMARTS) is 1. The number of alkyl carbamates (subject to hydrolysis) is 1. The van der Waals surface area contributed by atoms with E-state index in [1.54, 1.807) is 0 Å². The summed E-state index contributed by atoms with van der Waals surface area (Å²) in [6.45, 7) is -0.222. The molecule has 11 heteroatoms. The Morgan fingerprint density at radius 3 is 2.81 bits per heavy atom. The predicted octanol–water partition coefficient (Wildman–Crippen LogP) is 0.385. The topological polar surface area (TPSA) is 125 Å². The van der Waals surface area contributed by atoms with Crippen LogP contribution in [0.25, 0.3) is 0 Å². The van der Waals surface area contributed by atoms with E-state index < -0.39 is 29.4 Å². The molecular formula is C16H17N3O6S2. The molecule has 9 nitrogen and oxygen atoms in total. The number of hydrogen-bond donors (Lipinski definition) is 3. The molecule has 2 aliphatic rings. The minimum absolute atomic E-state index is 0.172. The zero-order valence-corrected chi connectivity index (χ0v) is 15.9. The zero-order chi connectivity index (χ0) is 19.6. The fraction of sp³-hybridized carbons (Fsp3) is 0.375. The molecule has 0 aliphatic carbocycles. The van der Waals surface area contributed by atoms with Gasteiger partial charge in [0, 0.05) is 23.3 Å². The van der Waals surface area contributed by atoms with Crippen LogP contribution in [0.1, 0.15) is 4.88 Å². The number of amides is 3. The Morgan fingerprint density at radius 2 is 2.19 bits per heavy atom. The van der Waals surface area contributed by atoms with Crippen molar-refractivity contribution in [1.82, 2.24) is 15.5 Å². The highest BCUT2D eigenvalue weighted by atomic mass is 32.2. The lowest BCUT2D eigenvalue weighted by Gasteiger charge is -2.49. The molecule has 2 aliphatic heterocycles. The van der Waals surface area contributed by atoms with Crippen molar-refractivity contribution >= 4 is 47.0 Å². The standard InChI is InChI=1S/C16H17N3O6S2/c1-17-16(24)25-6-8-7-27-14-11(13(21)19(14)12(8)15(22)23)18-10(20)5-9-3-2-4-26-9/h2-4,11,14H,5-7H2,1H3,(H,17,24)(H,18,20)(H,22,23)/t11-,14-/m1/s1. The third-order valence-corrected chi connectivity index (χ3v) is 6.28. The lowest BCUT2D eigenvalue weighted by molar-refractivity contribution is -0.150. The van der Waals surface area contributed by atoms with Crippen LogP contribution in [0.2, 0.25) is 0 Å². The second-order valence-corrected chi connectivity index (χ2v) is 7.93. The van der Waals surface area contributed by atoms with Gasteiger partial charge in [-0.05, 0) is 11.4 Å². The van der Waals surface area contributed by atoms with Gasteiger partial charge in [0.15, 0.2) is 0 Å². The van der Waals surface area contributed by atoms with Crippen LogP contribution < -0.4 is 10.6 Å². The zero-order valence-electron chi connectivity index (χ0n) is 14.3. The Balaban J connectivity index is 1.68. The van der Waals surface area contributed by atoms with Crippen LogP contribution in [0.5, 0.6) is 0 Å². The van der Waals surface area contributed by atoms with Crippen LogP contribution in [0, 0.1) is 0 Å². The van der Waals surface area contributed by atoms with Gasteiger partial charge < -0.3 is 20.5 Å². The Morgan fingerprint density at radius 1 is 1.41 bits per heavy atom. The van der Waals surface area contributed by atoms with Crippen LogP contribution >= 0.6 is 23.1 Å². The van der Waals surface area contributed by atoms with Crippen LogP contribution in [0.15, 0.2) is 28.8 Å². The van der Waals surface area contributed by atoms with E-state index in [0.29, 0.717) is 5.57 Å². The maximum absolute atomic E-state index is 12.5. The van der Waals surface area contributed by atoms with Gasteiger partial charge >= 0.3 is 12.1 Å². The number of hydrogen-bond acceptors (Lipinski definition) is 7. The highest BCUT2D eigenvalue weighted by Gasteiger charge is 2.54. The second kappa shape index (κ2) is 8.01. The first-order valence-electron chi connectivity index (χ1n) is 7.98. The molecule has 0 aromatic carbocycles. The second-order valence-electron chi connectivity index (χ2n) is 5.79. The van der Waals surface area contributed by atoms with Gasteiger partial charge in [-0.3, -0.25) is 14.5 Å². The van der Waals surface area contributed by atoms with E-state index >= 15 is 0 Å². The molecule has 3 rings (SSSR count). The third kappa shape index (κ3) is 3.93. The lowest BCUT2D eigenvalue weighted by Crippen LogP contribution is -2.70. The molecule has 1 aromatic heterocycles. The number of carboxylic acids is 1. The van der Waals surface area contributed by atoms with Gasteiger partial charge in [0.1, 0.15) is 23.7 Å². The summed E-state index contributed by atoms with van der Waals surface area (Å²) < 4.78 is 4.91. The lowest BCUT2D eigenvalue weighted by atomic mass is 10.0. The Bertz CT molecular complexity index is 807. The molecular weight excluding hydrogens is 394 g/mol. The molecule has 1 fully saturated rings. The number of β-lactam (4-membered cyclic amide) rings is 1. The van der Waals surface area contributed by atoms with Gasteiger partial charge in [-0.15, -0.1) is 23.1 Å². The van der Waals surface area contributed by atoms with E-state index in [0.717, 1.165) is 9.78 Å². The SMILES string of the molecule is CNC(=O)OCC1=C(C(=O)O)N2C(=O)[C@@H](NC(=O)Cc3cccs3)[C@H]2SC1. The van der Waals surface area contributed by atoms with Gasteiger partial charge in [0.05, 0.1) is 6.42 Å². The van der Waals surface area contributed by atoms with Crippen LogP contribution in [-0.4, -0.2) is 64.7 Å². The largest absolute Gasteiger partial charge is 0.477 e. The van der Waals surface area contributed by atoms with Crippen molar-refractivity contribution in [2.45, 2.75) is 17.8 Å². The molecule has 2 atom stereocenters. The first kappa shape index (κ1) is 19.2. The number of carbonyl (C=O) groups is 4. The van der Waals surface area contributed by atoms with Gasteiger partial charge in [-0.1, -0.05) is 6.07 Å². The number of nitrogens with one attached hydrogen (secondary N) is 2. The highest BCUT2D eigenvalue weighted by Crippen LogP contribution is 2.40. The monoisotopic (exact) mass is 411 g/mol. The molecule has 1 saturated heterocycles. The van der Waals surface area contributed by atoms with Crippen LogP contribution in [0.3, 0.4) is 0 Å². The quantitative estimate of drug-likeness (QED) is 0.578. The predicted molar refractivity (Wildman–Crippen MR) is 98.1 cm³/mol. The molecule has 144 valence electrons. The van der Waals surface area contributed by atoms with Gasteiger partial charge in [-0.25, -0.2) is 9.59 Å². The van der Waals surface area contributed by atoms with E-state index in [9.17, 15) is 24.3 Å². The molecule has 0 spiro atoms. The molecule has 1 aromatic rings. The van der Waals surface area contributed by atoms with Crippen molar-refractivity contribution in [2.24, 2.45) is 0 Å². The Labute approximate surface area is 162 Å². The average Bonchev–Trinajstić information content (AvgIpc) is 3.15. The number of carbonyl (C=O) groups excluding carboxylic acids is 3. The van der Waals surface area contributed by atoms with E-state index in [2.05, 4.69) is 10.6 Å². The van der Waals surface area contributed by atoms with Crippen molar-refractivity contribution in [1.29, 1.82) is 0 Å². The fourth-order valence-corrected chi connectivity index (χ4v) is 4.85. The number of aliphatic carboxylic acids is 1. The third-order valence-electron chi connectivity index (χ3n) is 4.06. The number of rotatable bonds is 6. The fourth-order valence-electron chi connectivity index (χ4n) is 2.82. The molecule has 0 unspecified atom stereocenters. The summed E-state index contributed by atoms with van der Waals surface area (Å²) in [6.07, 6.45) is -0.515. The molecule has 0 saturated carbocycles. The summed E-state index contributed by atoms with van der Waals surface area (Å²) in [7, 11) is 1.39. The van der Waals surface area contributed by atoms with Gasteiger partial charge in [0.2, 0.25) is 5.91 Å². The van der Waals surface area contributed by atoms with Crippen molar-refractivity contribution in [3.05, 3.63) is 33.7 Å². The van der Waals surface area contributed by atoms with Crippen LogP contribution in [-0.2, 0) is 25.5 Å². The van der Waals surface area contributed by atoms with E-state index in [1.165, 1.54) is 30.1 Å². The number of ether oxygens (including phenoxy) is 1. The molecule has 0 radical (unpaired) electrons. The maximum Gasteiger partial charge on any atom is 0.407 e. The Hall–Kier alpha value is -2.53. The first-order valence-corrected chi connectivity index (χ1v) is 9.91.